The van der Waals surface area contributed by atoms with Crippen molar-refractivity contribution in [1.82, 2.24) is 30.2 Å². The number of aliphatic imine (C=N–C) groups is 1. The van der Waals surface area contributed by atoms with E-state index in [0.717, 1.165) is 67.6 Å². The Bertz CT molecular complexity index is 1190. The minimum atomic E-state index is -0.774. The number of benzene rings is 1. The fourth-order valence-corrected chi connectivity index (χ4v) is 5.43. The number of piperidine rings is 1. The molecular weight excluding hydrogens is 454 g/mol. The molecule has 5 rings (SSSR count). The molecule has 3 aliphatic rings. The molecule has 0 bridgehead atoms. The monoisotopic (exact) mass is 491 g/mol. The Kier molecular flexibility index (Phi) is 6.61. The second-order valence-electron chi connectivity index (χ2n) is 10.2. The van der Waals surface area contributed by atoms with E-state index in [-0.39, 0.29) is 18.0 Å². The van der Waals surface area contributed by atoms with Gasteiger partial charge in [-0.15, -0.1) is 6.58 Å². The number of carbonyl (C=O) groups is 1. The standard InChI is InChI=1S/C26H37N9O/c1-4-11-35-22-15-20(8-7-18(22)16-29-35)31-26(2)28-17-23(24(27)32-26)34-13-9-19(10-14-34)30-25(36)21-6-5-12-33(21)3/h4,7-8,15-17,19,21,28,31H,1,5-6,9-14H2,2-3H3,(H2,27,32)(H,30,36)/t21-,26?/m0/s1. The number of aromatic nitrogens is 2. The van der Waals surface area contributed by atoms with E-state index in [1.54, 1.807) is 0 Å². The van der Waals surface area contributed by atoms with Gasteiger partial charge in [0.25, 0.3) is 0 Å². The minimum absolute atomic E-state index is 0.0181. The summed E-state index contributed by atoms with van der Waals surface area (Å²) in [6.45, 7) is 9.06. The zero-order valence-electron chi connectivity index (χ0n) is 21.2. The average Bonchev–Trinajstić information content (AvgIpc) is 3.46. The molecule has 2 fully saturated rings. The van der Waals surface area contributed by atoms with E-state index in [0.29, 0.717) is 12.4 Å². The smallest absolute Gasteiger partial charge is 0.237 e. The predicted molar refractivity (Wildman–Crippen MR) is 143 cm³/mol. The van der Waals surface area contributed by atoms with Gasteiger partial charge in [0, 0.05) is 36.4 Å². The number of nitrogens with zero attached hydrogens (tertiary/aromatic N) is 5. The number of hydrogen-bond donors (Lipinski definition) is 4. The third kappa shape index (κ3) is 4.90. The van der Waals surface area contributed by atoms with Crippen LogP contribution >= 0.6 is 0 Å². The molecule has 3 aliphatic heterocycles. The van der Waals surface area contributed by atoms with Crippen LogP contribution in [0, 0.1) is 0 Å². The molecule has 1 unspecified atom stereocenters. The number of hydrogen-bond acceptors (Lipinski definition) is 8. The third-order valence-corrected chi connectivity index (χ3v) is 7.44. The molecule has 5 N–H and O–H groups in total. The average molecular weight is 492 g/mol. The first kappa shape index (κ1) is 24.2. The van der Waals surface area contributed by atoms with Crippen molar-refractivity contribution in [2.75, 3.05) is 32.0 Å². The second-order valence-corrected chi connectivity index (χ2v) is 10.2. The predicted octanol–water partition coefficient (Wildman–Crippen LogP) is 1.78. The number of carbonyl (C=O) groups excluding carboxylic acids is 1. The number of amidine groups is 1. The van der Waals surface area contributed by atoms with Gasteiger partial charge >= 0.3 is 0 Å². The highest BCUT2D eigenvalue weighted by atomic mass is 16.2. The van der Waals surface area contributed by atoms with Crippen molar-refractivity contribution in [3.05, 3.63) is 48.9 Å². The fourth-order valence-electron chi connectivity index (χ4n) is 5.43. The maximum atomic E-state index is 12.6. The number of amides is 1. The lowest BCUT2D eigenvalue weighted by atomic mass is 10.0. The van der Waals surface area contributed by atoms with Crippen LogP contribution in [-0.2, 0) is 11.3 Å². The molecule has 2 atom stereocenters. The van der Waals surface area contributed by atoms with E-state index < -0.39 is 5.79 Å². The topological polar surface area (TPSA) is 116 Å². The van der Waals surface area contributed by atoms with Gasteiger partial charge < -0.3 is 26.6 Å². The van der Waals surface area contributed by atoms with Crippen molar-refractivity contribution in [2.45, 2.75) is 57.0 Å². The van der Waals surface area contributed by atoms with Gasteiger partial charge in [-0.25, -0.2) is 4.99 Å². The number of fused-ring (bicyclic) bond motifs is 1. The van der Waals surface area contributed by atoms with E-state index in [9.17, 15) is 4.79 Å². The Balaban J connectivity index is 1.18. The lowest BCUT2D eigenvalue weighted by molar-refractivity contribution is -0.126. The van der Waals surface area contributed by atoms with Crippen LogP contribution in [-0.4, -0.2) is 75.9 Å². The number of likely N-dealkylation sites (N-methyl/N-ethyl adjacent to an activating group) is 1. The largest absolute Gasteiger partial charge is 0.382 e. The molecule has 2 aromatic rings. The van der Waals surface area contributed by atoms with Crippen molar-refractivity contribution < 1.29 is 4.79 Å². The van der Waals surface area contributed by atoms with Crippen LogP contribution in [0.2, 0.25) is 0 Å². The van der Waals surface area contributed by atoms with Crippen molar-refractivity contribution in [3.63, 3.8) is 0 Å². The van der Waals surface area contributed by atoms with Crippen molar-refractivity contribution in [2.24, 2.45) is 10.7 Å². The van der Waals surface area contributed by atoms with Gasteiger partial charge in [0.1, 0.15) is 5.84 Å². The fraction of sp³-hybridized carbons (Fsp3) is 0.500. The summed E-state index contributed by atoms with van der Waals surface area (Å²) in [6, 6.07) is 6.34. The van der Waals surface area contributed by atoms with Crippen LogP contribution in [0.4, 0.5) is 5.69 Å². The van der Waals surface area contributed by atoms with Gasteiger partial charge in [-0.2, -0.15) is 5.10 Å². The summed E-state index contributed by atoms with van der Waals surface area (Å²) in [5.74, 6) is -0.110. The summed E-state index contributed by atoms with van der Waals surface area (Å²) < 4.78 is 1.91. The third-order valence-electron chi connectivity index (χ3n) is 7.44. The van der Waals surface area contributed by atoms with Crippen molar-refractivity contribution in [1.29, 1.82) is 0 Å². The Morgan fingerprint density at radius 2 is 2.11 bits per heavy atom. The van der Waals surface area contributed by atoms with Crippen LogP contribution in [0.3, 0.4) is 0 Å². The number of nitrogens with two attached hydrogens (primary N) is 1. The maximum absolute atomic E-state index is 12.6. The summed E-state index contributed by atoms with van der Waals surface area (Å²) in [5, 5.41) is 15.6. The van der Waals surface area contributed by atoms with Gasteiger partial charge in [0.15, 0.2) is 0 Å². The molecule has 1 aromatic carbocycles. The zero-order chi connectivity index (χ0) is 25.3. The molecule has 10 heteroatoms. The maximum Gasteiger partial charge on any atom is 0.237 e. The summed E-state index contributed by atoms with van der Waals surface area (Å²) in [6.07, 6.45) is 9.46. The molecule has 192 valence electrons. The number of nitrogens with one attached hydrogen (secondary N) is 3. The Hall–Kier alpha value is -3.53. The molecule has 10 nitrogen and oxygen atoms in total. The van der Waals surface area contributed by atoms with Gasteiger partial charge in [-0.3, -0.25) is 14.4 Å². The first-order valence-electron chi connectivity index (χ1n) is 12.8. The first-order valence-corrected chi connectivity index (χ1v) is 12.8. The molecular formula is C26H37N9O. The van der Waals surface area contributed by atoms with E-state index >= 15 is 0 Å². The molecule has 0 radical (unpaired) electrons. The summed E-state index contributed by atoms with van der Waals surface area (Å²) >= 11 is 0. The zero-order valence-corrected chi connectivity index (χ0v) is 21.2. The van der Waals surface area contributed by atoms with Crippen molar-refractivity contribution >= 4 is 28.3 Å². The van der Waals surface area contributed by atoms with Crippen LogP contribution in [0.25, 0.3) is 10.9 Å². The van der Waals surface area contributed by atoms with E-state index in [1.807, 2.05) is 49.3 Å². The number of likely N-dealkylation sites (tertiary alicyclic amines) is 2. The molecule has 36 heavy (non-hydrogen) atoms. The summed E-state index contributed by atoms with van der Waals surface area (Å²) in [4.78, 5) is 21.8. The number of anilines is 1. The highest BCUT2D eigenvalue weighted by Gasteiger charge is 2.32. The second kappa shape index (κ2) is 9.85. The molecule has 0 saturated carbocycles. The lowest BCUT2D eigenvalue weighted by Gasteiger charge is -2.39. The summed E-state index contributed by atoms with van der Waals surface area (Å²) in [7, 11) is 2.03. The quantitative estimate of drug-likeness (QED) is 0.437. The van der Waals surface area contributed by atoms with Crippen LogP contribution in [0.5, 0.6) is 0 Å². The molecule has 1 aromatic heterocycles. The lowest BCUT2D eigenvalue weighted by Crippen LogP contribution is -2.53. The molecule has 4 heterocycles. The highest BCUT2D eigenvalue weighted by molar-refractivity contribution is 5.97. The van der Waals surface area contributed by atoms with Gasteiger partial charge in [-0.1, -0.05) is 6.08 Å². The Morgan fingerprint density at radius 1 is 1.31 bits per heavy atom. The molecule has 2 saturated heterocycles. The van der Waals surface area contributed by atoms with Crippen molar-refractivity contribution in [3.8, 4) is 0 Å². The van der Waals surface area contributed by atoms with Gasteiger partial charge in [-0.05, 0) is 64.4 Å². The molecule has 0 aliphatic carbocycles. The molecule has 1 amide bonds. The molecule has 0 spiro atoms. The number of rotatable bonds is 7. The number of allylic oxidation sites excluding steroid dienone is 1. The van der Waals surface area contributed by atoms with E-state index in [2.05, 4.69) is 43.5 Å². The Morgan fingerprint density at radius 3 is 2.81 bits per heavy atom. The van der Waals surface area contributed by atoms with Gasteiger partial charge in [0.2, 0.25) is 11.7 Å². The van der Waals surface area contributed by atoms with Crippen LogP contribution in [0.15, 0.2) is 53.9 Å². The highest BCUT2D eigenvalue weighted by Crippen LogP contribution is 2.25. The normalized spacial score (nSPS) is 25.3. The minimum Gasteiger partial charge on any atom is -0.382 e. The van der Waals surface area contributed by atoms with E-state index in [4.69, 9.17) is 10.7 Å². The van der Waals surface area contributed by atoms with Crippen LogP contribution in [0.1, 0.15) is 32.6 Å². The van der Waals surface area contributed by atoms with Gasteiger partial charge in [0.05, 0.1) is 30.0 Å². The van der Waals surface area contributed by atoms with E-state index in [1.165, 1.54) is 0 Å². The van der Waals surface area contributed by atoms with Crippen LogP contribution < -0.4 is 21.7 Å². The SMILES string of the molecule is C=CCn1ncc2ccc(NC3(C)N=C(N)C(N4CCC(NC(=O)[C@@H]5CCCN5C)CC4)=CN3)cc21. The first-order chi connectivity index (χ1) is 17.3. The Labute approximate surface area is 212 Å². The summed E-state index contributed by atoms with van der Waals surface area (Å²) in [5.41, 5.74) is 9.29.